The molecule has 7 nitrogen and oxygen atoms in total. The number of pyridine rings is 1. The van der Waals surface area contributed by atoms with Crippen LogP contribution in [0.15, 0.2) is 46.3 Å². The SMILES string of the molecule is Nc1nc(Sc2cccc(C(=O)O)c2)ccc1[N+](=O)[O-]. The lowest BCUT2D eigenvalue weighted by atomic mass is 10.2. The molecule has 3 N–H and O–H groups in total. The standard InChI is InChI=1S/C12H9N3O4S/c13-11-9(15(18)19)4-5-10(14-11)20-8-3-1-2-7(6-8)12(16)17/h1-6H,(H2,13,14)(H,16,17). The van der Waals surface area contributed by atoms with Gasteiger partial charge in [0.15, 0.2) is 0 Å². The van der Waals surface area contributed by atoms with Gasteiger partial charge >= 0.3 is 11.7 Å². The fourth-order valence-corrected chi connectivity index (χ4v) is 2.33. The second kappa shape index (κ2) is 5.57. The van der Waals surface area contributed by atoms with E-state index in [-0.39, 0.29) is 17.1 Å². The Hall–Kier alpha value is -2.61. The zero-order chi connectivity index (χ0) is 14.7. The van der Waals surface area contributed by atoms with Gasteiger partial charge in [0.1, 0.15) is 5.03 Å². The third kappa shape index (κ3) is 3.04. The van der Waals surface area contributed by atoms with Crippen LogP contribution in [0.1, 0.15) is 10.4 Å². The third-order valence-corrected chi connectivity index (χ3v) is 3.30. The molecule has 0 aliphatic heterocycles. The summed E-state index contributed by atoms with van der Waals surface area (Å²) >= 11 is 1.18. The number of hydrogen-bond donors (Lipinski definition) is 2. The number of hydrogen-bond acceptors (Lipinski definition) is 6. The van der Waals surface area contributed by atoms with E-state index in [0.717, 1.165) is 0 Å². The Bertz CT molecular complexity index is 690. The second-order valence-corrected chi connectivity index (χ2v) is 4.84. The van der Waals surface area contributed by atoms with Crippen LogP contribution in [-0.2, 0) is 0 Å². The average Bonchev–Trinajstić information content (AvgIpc) is 2.38. The van der Waals surface area contributed by atoms with Crippen LogP contribution in [0.2, 0.25) is 0 Å². The van der Waals surface area contributed by atoms with Crippen LogP contribution in [0, 0.1) is 10.1 Å². The minimum atomic E-state index is -1.02. The Labute approximate surface area is 117 Å². The van der Waals surface area contributed by atoms with E-state index in [1.165, 1.54) is 36.0 Å². The highest BCUT2D eigenvalue weighted by atomic mass is 32.2. The van der Waals surface area contributed by atoms with Crippen LogP contribution in [0.25, 0.3) is 0 Å². The van der Waals surface area contributed by atoms with Crippen molar-refractivity contribution in [1.29, 1.82) is 0 Å². The predicted molar refractivity (Wildman–Crippen MR) is 72.8 cm³/mol. The molecule has 0 atom stereocenters. The lowest BCUT2D eigenvalue weighted by Gasteiger charge is -2.03. The van der Waals surface area contributed by atoms with E-state index in [0.29, 0.717) is 9.92 Å². The molecule has 20 heavy (non-hydrogen) atoms. The molecule has 1 aromatic carbocycles. The van der Waals surface area contributed by atoms with Crippen molar-refractivity contribution < 1.29 is 14.8 Å². The van der Waals surface area contributed by atoms with Crippen LogP contribution < -0.4 is 5.73 Å². The van der Waals surface area contributed by atoms with E-state index in [9.17, 15) is 14.9 Å². The van der Waals surface area contributed by atoms with E-state index < -0.39 is 10.9 Å². The van der Waals surface area contributed by atoms with Gasteiger partial charge in [0.25, 0.3) is 0 Å². The van der Waals surface area contributed by atoms with Crippen molar-refractivity contribution in [2.45, 2.75) is 9.92 Å². The molecule has 102 valence electrons. The molecule has 2 rings (SSSR count). The minimum Gasteiger partial charge on any atom is -0.478 e. The smallest absolute Gasteiger partial charge is 0.335 e. The van der Waals surface area contributed by atoms with Gasteiger partial charge < -0.3 is 10.8 Å². The summed E-state index contributed by atoms with van der Waals surface area (Å²) in [5.41, 5.74) is 5.40. The molecule has 0 aliphatic carbocycles. The van der Waals surface area contributed by atoms with Gasteiger partial charge in [-0.3, -0.25) is 10.1 Å². The zero-order valence-electron chi connectivity index (χ0n) is 10.0. The Kier molecular flexibility index (Phi) is 3.85. The number of nitro groups is 1. The molecule has 0 saturated carbocycles. The fraction of sp³-hybridized carbons (Fsp3) is 0. The monoisotopic (exact) mass is 291 g/mol. The summed E-state index contributed by atoms with van der Waals surface area (Å²) in [5.74, 6) is -1.20. The summed E-state index contributed by atoms with van der Waals surface area (Å²) in [7, 11) is 0. The van der Waals surface area contributed by atoms with Crippen LogP contribution in [0.4, 0.5) is 11.5 Å². The van der Waals surface area contributed by atoms with Crippen LogP contribution >= 0.6 is 11.8 Å². The molecular weight excluding hydrogens is 282 g/mol. The lowest BCUT2D eigenvalue weighted by molar-refractivity contribution is -0.384. The van der Waals surface area contributed by atoms with Gasteiger partial charge in [-0.15, -0.1) is 0 Å². The summed E-state index contributed by atoms with van der Waals surface area (Å²) in [6.07, 6.45) is 0. The molecule has 0 fully saturated rings. The van der Waals surface area contributed by atoms with E-state index in [1.807, 2.05) is 0 Å². The summed E-state index contributed by atoms with van der Waals surface area (Å²) in [6.45, 7) is 0. The highest BCUT2D eigenvalue weighted by Gasteiger charge is 2.13. The Balaban J connectivity index is 2.26. The quantitative estimate of drug-likeness (QED) is 0.655. The van der Waals surface area contributed by atoms with Crippen LogP contribution in [-0.4, -0.2) is 21.0 Å². The van der Waals surface area contributed by atoms with E-state index in [2.05, 4.69) is 4.98 Å². The summed E-state index contributed by atoms with van der Waals surface area (Å²) in [5, 5.41) is 20.0. The molecule has 0 radical (unpaired) electrons. The maximum atomic E-state index is 10.9. The first-order valence-corrected chi connectivity index (χ1v) is 6.21. The number of nitrogen functional groups attached to an aromatic ring is 1. The van der Waals surface area contributed by atoms with Crippen LogP contribution in [0.5, 0.6) is 0 Å². The number of carboxylic acid groups (broad SMARTS) is 1. The summed E-state index contributed by atoms with van der Waals surface area (Å²) < 4.78 is 0. The highest BCUT2D eigenvalue weighted by Crippen LogP contribution is 2.30. The molecule has 0 unspecified atom stereocenters. The number of nitrogens with two attached hydrogens (primary N) is 1. The average molecular weight is 291 g/mol. The molecule has 0 aliphatic rings. The normalized spacial score (nSPS) is 10.2. The van der Waals surface area contributed by atoms with E-state index in [1.54, 1.807) is 12.1 Å². The first-order valence-electron chi connectivity index (χ1n) is 5.39. The number of anilines is 1. The largest absolute Gasteiger partial charge is 0.478 e. The third-order valence-electron chi connectivity index (χ3n) is 2.38. The number of rotatable bonds is 4. The first-order chi connectivity index (χ1) is 9.47. The molecule has 0 saturated heterocycles. The van der Waals surface area contributed by atoms with Crippen molar-refractivity contribution in [2.75, 3.05) is 5.73 Å². The lowest BCUT2D eigenvalue weighted by Crippen LogP contribution is -1.99. The van der Waals surface area contributed by atoms with Gasteiger partial charge in [0.05, 0.1) is 10.5 Å². The van der Waals surface area contributed by atoms with Gasteiger partial charge in [0.2, 0.25) is 5.82 Å². The summed E-state index contributed by atoms with van der Waals surface area (Å²) in [6, 6.07) is 9.03. The number of carboxylic acids is 1. The van der Waals surface area contributed by atoms with Gasteiger partial charge in [0, 0.05) is 11.0 Å². The molecular formula is C12H9N3O4S. The maximum Gasteiger partial charge on any atom is 0.335 e. The zero-order valence-corrected chi connectivity index (χ0v) is 10.8. The molecule has 0 spiro atoms. The van der Waals surface area contributed by atoms with Gasteiger partial charge in [-0.1, -0.05) is 17.8 Å². The van der Waals surface area contributed by atoms with Gasteiger partial charge in [-0.05, 0) is 24.3 Å². The molecule has 2 aromatic rings. The van der Waals surface area contributed by atoms with Crippen molar-refractivity contribution in [1.82, 2.24) is 4.98 Å². The second-order valence-electron chi connectivity index (χ2n) is 3.75. The Morgan fingerprint density at radius 2 is 2.10 bits per heavy atom. The topological polar surface area (TPSA) is 119 Å². The van der Waals surface area contributed by atoms with Crippen molar-refractivity contribution in [3.05, 3.63) is 52.1 Å². The highest BCUT2D eigenvalue weighted by molar-refractivity contribution is 7.99. The van der Waals surface area contributed by atoms with Gasteiger partial charge in [-0.25, -0.2) is 9.78 Å². The Morgan fingerprint density at radius 3 is 2.70 bits per heavy atom. The molecule has 0 bridgehead atoms. The number of aromatic carboxylic acids is 1. The van der Waals surface area contributed by atoms with Crippen molar-refractivity contribution >= 4 is 29.2 Å². The Morgan fingerprint density at radius 1 is 1.35 bits per heavy atom. The maximum absolute atomic E-state index is 10.9. The molecule has 1 aromatic heterocycles. The molecule has 0 amide bonds. The first kappa shape index (κ1) is 13.8. The number of nitrogens with zero attached hydrogens (tertiary/aromatic N) is 2. The minimum absolute atomic E-state index is 0.157. The number of carbonyl (C=O) groups is 1. The number of aromatic nitrogens is 1. The fourth-order valence-electron chi connectivity index (χ4n) is 1.47. The predicted octanol–water partition coefficient (Wildman–Crippen LogP) is 2.42. The van der Waals surface area contributed by atoms with E-state index >= 15 is 0 Å². The van der Waals surface area contributed by atoms with Crippen molar-refractivity contribution in [2.24, 2.45) is 0 Å². The number of benzene rings is 1. The molecule has 8 heteroatoms. The van der Waals surface area contributed by atoms with Crippen molar-refractivity contribution in [3.63, 3.8) is 0 Å². The van der Waals surface area contributed by atoms with E-state index in [4.69, 9.17) is 10.8 Å². The van der Waals surface area contributed by atoms with Crippen molar-refractivity contribution in [3.8, 4) is 0 Å². The van der Waals surface area contributed by atoms with Gasteiger partial charge in [-0.2, -0.15) is 0 Å². The summed E-state index contributed by atoms with van der Waals surface area (Å²) in [4.78, 5) is 25.4. The molecule has 1 heterocycles. The van der Waals surface area contributed by atoms with Crippen LogP contribution in [0.3, 0.4) is 0 Å².